The van der Waals surface area contributed by atoms with Crippen molar-refractivity contribution in [3.05, 3.63) is 29.8 Å². The van der Waals surface area contributed by atoms with Crippen LogP contribution in [0.4, 0.5) is 13.2 Å². The summed E-state index contributed by atoms with van der Waals surface area (Å²) in [7, 11) is 0. The van der Waals surface area contributed by atoms with Gasteiger partial charge in [0.25, 0.3) is 0 Å². The summed E-state index contributed by atoms with van der Waals surface area (Å²) in [6.07, 6.45) is -3.02. The van der Waals surface area contributed by atoms with Crippen LogP contribution in [-0.2, 0) is 5.41 Å². The van der Waals surface area contributed by atoms with E-state index < -0.39 is 6.36 Å². The zero-order valence-corrected chi connectivity index (χ0v) is 10.00. The van der Waals surface area contributed by atoms with Crippen molar-refractivity contribution in [2.24, 2.45) is 0 Å². The van der Waals surface area contributed by atoms with Crippen molar-refractivity contribution in [2.75, 3.05) is 0 Å². The van der Waals surface area contributed by atoms with Crippen LogP contribution in [0.15, 0.2) is 24.3 Å². The minimum absolute atomic E-state index is 0.206. The van der Waals surface area contributed by atoms with Gasteiger partial charge in [-0.05, 0) is 42.4 Å². The number of hydrogen-bond donors (Lipinski definition) is 1. The number of ether oxygens (including phenoxy) is 1. The monoisotopic (exact) mass is 260 g/mol. The van der Waals surface area contributed by atoms with Gasteiger partial charge in [-0.2, -0.15) is 0 Å². The predicted octanol–water partition coefficient (Wildman–Crippen LogP) is 3.39. The molecule has 5 heteroatoms. The molecule has 1 aliphatic rings. The van der Waals surface area contributed by atoms with Crippen LogP contribution in [0.5, 0.6) is 5.75 Å². The molecule has 2 nitrogen and oxygen atoms in total. The molecule has 1 aliphatic carbocycles. The summed E-state index contributed by atoms with van der Waals surface area (Å²) in [5.74, 6) is -0.206. The lowest BCUT2D eigenvalue weighted by Crippen LogP contribution is -2.20. The van der Waals surface area contributed by atoms with E-state index in [1.807, 2.05) is 6.92 Å². The highest BCUT2D eigenvalue weighted by molar-refractivity contribution is 5.34. The molecule has 0 amide bonds. The summed E-state index contributed by atoms with van der Waals surface area (Å²) < 4.78 is 40.3. The maximum atomic E-state index is 12.1. The fourth-order valence-electron chi connectivity index (χ4n) is 2.54. The molecule has 1 aromatic carbocycles. The topological polar surface area (TPSA) is 29.5 Å². The van der Waals surface area contributed by atoms with E-state index in [1.54, 1.807) is 12.1 Å². The molecule has 0 aromatic heterocycles. The first-order valence-corrected chi connectivity index (χ1v) is 5.83. The molecule has 2 unspecified atom stereocenters. The van der Waals surface area contributed by atoms with Crippen molar-refractivity contribution < 1.29 is 23.0 Å². The van der Waals surface area contributed by atoms with Gasteiger partial charge in [0.2, 0.25) is 0 Å². The van der Waals surface area contributed by atoms with Crippen LogP contribution in [0.2, 0.25) is 0 Å². The van der Waals surface area contributed by atoms with Crippen molar-refractivity contribution in [1.82, 2.24) is 0 Å². The number of aliphatic hydroxyl groups excluding tert-OH is 1. The average Bonchev–Trinajstić information content (AvgIpc) is 2.58. The maximum Gasteiger partial charge on any atom is 0.573 e. The molecule has 0 aliphatic heterocycles. The van der Waals surface area contributed by atoms with Crippen molar-refractivity contribution in [3.63, 3.8) is 0 Å². The molecular weight excluding hydrogens is 245 g/mol. The van der Waals surface area contributed by atoms with Gasteiger partial charge in [0.15, 0.2) is 0 Å². The minimum Gasteiger partial charge on any atom is -0.406 e. The highest BCUT2D eigenvalue weighted by Gasteiger charge is 2.36. The zero-order chi connectivity index (χ0) is 13.4. The minimum atomic E-state index is -4.67. The van der Waals surface area contributed by atoms with Crippen LogP contribution < -0.4 is 4.74 Å². The molecule has 0 radical (unpaired) electrons. The summed E-state index contributed by atoms with van der Waals surface area (Å²) in [5, 5.41) is 9.57. The second-order valence-corrected chi connectivity index (χ2v) is 5.03. The van der Waals surface area contributed by atoms with Crippen molar-refractivity contribution in [3.8, 4) is 5.75 Å². The van der Waals surface area contributed by atoms with E-state index >= 15 is 0 Å². The fraction of sp³-hybridized carbons (Fsp3) is 0.538. The van der Waals surface area contributed by atoms with Gasteiger partial charge >= 0.3 is 6.36 Å². The summed E-state index contributed by atoms with van der Waals surface area (Å²) in [5.41, 5.74) is 0.505. The molecule has 1 N–H and O–H groups in total. The molecule has 18 heavy (non-hydrogen) atoms. The summed E-state index contributed by atoms with van der Waals surface area (Å²) >= 11 is 0. The van der Waals surface area contributed by atoms with Crippen molar-refractivity contribution >= 4 is 0 Å². The third-order valence-corrected chi connectivity index (χ3v) is 3.48. The molecule has 0 bridgehead atoms. The molecule has 0 saturated heterocycles. The van der Waals surface area contributed by atoms with Crippen LogP contribution in [0.3, 0.4) is 0 Å². The molecule has 2 atom stereocenters. The van der Waals surface area contributed by atoms with Crippen LogP contribution in [0.1, 0.15) is 31.7 Å². The number of aliphatic hydroxyl groups is 1. The lowest BCUT2D eigenvalue weighted by molar-refractivity contribution is -0.274. The molecule has 2 rings (SSSR count). The van der Waals surface area contributed by atoms with Crippen molar-refractivity contribution in [2.45, 2.75) is 44.1 Å². The average molecular weight is 260 g/mol. The van der Waals surface area contributed by atoms with Crippen LogP contribution >= 0.6 is 0 Å². The smallest absolute Gasteiger partial charge is 0.406 e. The number of alkyl halides is 3. The van der Waals surface area contributed by atoms with Crippen LogP contribution in [-0.4, -0.2) is 17.6 Å². The Kier molecular flexibility index (Phi) is 3.27. The Labute approximate surface area is 103 Å². The first-order valence-electron chi connectivity index (χ1n) is 5.83. The number of rotatable bonds is 2. The third-order valence-electron chi connectivity index (χ3n) is 3.48. The zero-order valence-electron chi connectivity index (χ0n) is 10.00. The van der Waals surface area contributed by atoms with E-state index in [2.05, 4.69) is 4.74 Å². The Hall–Kier alpha value is -1.23. The first-order chi connectivity index (χ1) is 8.28. The second kappa shape index (κ2) is 4.46. The Morgan fingerprint density at radius 3 is 2.67 bits per heavy atom. The maximum absolute atomic E-state index is 12.1. The van der Waals surface area contributed by atoms with Gasteiger partial charge in [0.1, 0.15) is 5.75 Å². The Bertz CT molecular complexity index is 430. The third kappa shape index (κ3) is 2.96. The van der Waals surface area contributed by atoms with Gasteiger partial charge in [0, 0.05) is 0 Å². The number of hydrogen-bond acceptors (Lipinski definition) is 2. The largest absolute Gasteiger partial charge is 0.573 e. The molecule has 1 saturated carbocycles. The highest BCUT2D eigenvalue weighted by Crippen LogP contribution is 2.41. The summed E-state index contributed by atoms with van der Waals surface area (Å²) in [6, 6.07) is 6.02. The second-order valence-electron chi connectivity index (χ2n) is 5.03. The predicted molar refractivity (Wildman–Crippen MR) is 60.3 cm³/mol. The number of halogens is 3. The van der Waals surface area contributed by atoms with Crippen LogP contribution in [0, 0.1) is 0 Å². The highest BCUT2D eigenvalue weighted by atomic mass is 19.4. The van der Waals surface area contributed by atoms with E-state index in [0.717, 1.165) is 12.0 Å². The quantitative estimate of drug-likeness (QED) is 0.883. The van der Waals surface area contributed by atoms with Crippen LogP contribution in [0.25, 0.3) is 0 Å². The molecule has 1 fully saturated rings. The Morgan fingerprint density at radius 2 is 2.11 bits per heavy atom. The Morgan fingerprint density at radius 1 is 1.39 bits per heavy atom. The fourth-order valence-corrected chi connectivity index (χ4v) is 2.54. The molecule has 100 valence electrons. The van der Waals surface area contributed by atoms with Gasteiger partial charge in [-0.3, -0.25) is 0 Å². The van der Waals surface area contributed by atoms with Gasteiger partial charge in [-0.25, -0.2) is 0 Å². The molecule has 1 aromatic rings. The van der Waals surface area contributed by atoms with Gasteiger partial charge in [0.05, 0.1) is 6.10 Å². The van der Waals surface area contributed by atoms with E-state index in [1.165, 1.54) is 12.1 Å². The van der Waals surface area contributed by atoms with Gasteiger partial charge in [-0.1, -0.05) is 19.1 Å². The van der Waals surface area contributed by atoms with E-state index in [4.69, 9.17) is 0 Å². The van der Waals surface area contributed by atoms with E-state index in [9.17, 15) is 18.3 Å². The summed E-state index contributed by atoms with van der Waals surface area (Å²) in [4.78, 5) is 0. The van der Waals surface area contributed by atoms with Gasteiger partial charge in [-0.15, -0.1) is 13.2 Å². The number of benzene rings is 1. The van der Waals surface area contributed by atoms with E-state index in [-0.39, 0.29) is 17.3 Å². The summed E-state index contributed by atoms with van der Waals surface area (Å²) in [6.45, 7) is 1.95. The van der Waals surface area contributed by atoms with E-state index in [0.29, 0.717) is 12.8 Å². The lowest BCUT2D eigenvalue weighted by atomic mass is 9.81. The normalized spacial score (nSPS) is 28.4. The SMILES string of the molecule is CC1(c2cccc(OC(F)(F)F)c2)CCC(O)C1. The molecule has 0 heterocycles. The molecule has 0 spiro atoms. The van der Waals surface area contributed by atoms with Gasteiger partial charge < -0.3 is 9.84 Å². The molecular formula is C13H15F3O2. The standard InChI is InChI=1S/C13H15F3O2/c1-12(6-5-10(17)8-12)9-3-2-4-11(7-9)18-13(14,15)16/h2-4,7,10,17H,5-6,8H2,1H3. The van der Waals surface area contributed by atoms with Crippen molar-refractivity contribution in [1.29, 1.82) is 0 Å². The Balaban J connectivity index is 2.22. The lowest BCUT2D eigenvalue weighted by Gasteiger charge is -2.25. The first kappa shape index (κ1) is 13.2.